The lowest BCUT2D eigenvalue weighted by Gasteiger charge is -2.31. The molecule has 2 aliphatic rings. The number of nitrogens with two attached hydrogens (primary N) is 1. The summed E-state index contributed by atoms with van der Waals surface area (Å²) in [6.45, 7) is 8.40. The van der Waals surface area contributed by atoms with E-state index in [-0.39, 0.29) is 12.0 Å². The number of aromatic nitrogens is 2. The van der Waals surface area contributed by atoms with Gasteiger partial charge in [0.1, 0.15) is 23.7 Å². The molecule has 1 atom stereocenters. The second kappa shape index (κ2) is 9.56. The Morgan fingerprint density at radius 2 is 1.85 bits per heavy atom. The van der Waals surface area contributed by atoms with Crippen LogP contribution >= 0.6 is 0 Å². The largest absolute Gasteiger partial charge is 0.491 e. The van der Waals surface area contributed by atoms with Gasteiger partial charge in [-0.1, -0.05) is 24.3 Å². The first-order chi connectivity index (χ1) is 16.1. The van der Waals surface area contributed by atoms with Crippen LogP contribution in [0.3, 0.4) is 0 Å². The number of nitrogen functional groups attached to an aromatic ring is 1. The van der Waals surface area contributed by atoms with Crippen molar-refractivity contribution < 1.29 is 4.74 Å². The van der Waals surface area contributed by atoms with Crippen molar-refractivity contribution >= 4 is 22.4 Å². The van der Waals surface area contributed by atoms with Crippen LogP contribution in [0.4, 0.5) is 11.6 Å². The number of rotatable bonds is 5. The third-order valence-corrected chi connectivity index (χ3v) is 7.01. The maximum Gasteiger partial charge on any atom is 0.137 e. The molecule has 3 aromatic rings. The van der Waals surface area contributed by atoms with E-state index in [0.29, 0.717) is 11.7 Å². The lowest BCUT2D eigenvalue weighted by Crippen LogP contribution is -2.37. The summed E-state index contributed by atoms with van der Waals surface area (Å²) in [6.07, 6.45) is 6.41. The molecule has 0 bridgehead atoms. The molecule has 0 amide bonds. The summed E-state index contributed by atoms with van der Waals surface area (Å²) >= 11 is 0. The highest BCUT2D eigenvalue weighted by atomic mass is 16.5. The molecule has 5 rings (SSSR count). The van der Waals surface area contributed by atoms with Crippen molar-refractivity contribution in [2.45, 2.75) is 51.6 Å². The summed E-state index contributed by atoms with van der Waals surface area (Å²) in [4.78, 5) is 11.6. The zero-order valence-corrected chi connectivity index (χ0v) is 19.8. The number of piperidine rings is 1. The Hall–Kier alpha value is -2.86. The van der Waals surface area contributed by atoms with E-state index in [9.17, 15) is 0 Å². The lowest BCUT2D eigenvalue weighted by molar-refractivity contribution is 0.243. The Labute approximate surface area is 196 Å². The fourth-order valence-electron chi connectivity index (χ4n) is 5.41. The molecule has 1 aromatic heterocycles. The Morgan fingerprint density at radius 3 is 2.67 bits per heavy atom. The van der Waals surface area contributed by atoms with Gasteiger partial charge in [0.25, 0.3) is 0 Å². The topological polar surface area (TPSA) is 76.3 Å². The van der Waals surface area contributed by atoms with Crippen LogP contribution < -0.4 is 20.7 Å². The van der Waals surface area contributed by atoms with E-state index in [1.54, 1.807) is 6.33 Å². The number of nitrogens with one attached hydrogen (secondary N) is 1. The second-order valence-corrected chi connectivity index (χ2v) is 9.77. The maximum absolute atomic E-state index is 6.51. The molecular formula is C27H35N5O. The van der Waals surface area contributed by atoms with Crippen LogP contribution in [0.25, 0.3) is 10.8 Å². The average molecular weight is 446 g/mol. The first kappa shape index (κ1) is 22.0. The van der Waals surface area contributed by atoms with E-state index in [1.807, 2.05) is 0 Å². The smallest absolute Gasteiger partial charge is 0.137 e. The Bertz CT molecular complexity index is 1110. The molecule has 33 heavy (non-hydrogen) atoms. The van der Waals surface area contributed by atoms with Crippen LogP contribution in [0.5, 0.6) is 5.75 Å². The number of ether oxygens (including phenoxy) is 1. The molecule has 1 fully saturated rings. The number of benzene rings is 2. The van der Waals surface area contributed by atoms with Crippen molar-refractivity contribution in [3.05, 3.63) is 53.9 Å². The number of anilines is 2. The van der Waals surface area contributed by atoms with Crippen molar-refractivity contribution in [2.75, 3.05) is 36.8 Å². The maximum atomic E-state index is 6.51. The molecule has 2 aliphatic heterocycles. The lowest BCUT2D eigenvalue weighted by atomic mass is 9.87. The van der Waals surface area contributed by atoms with Crippen LogP contribution in [0.1, 0.15) is 56.6 Å². The van der Waals surface area contributed by atoms with Gasteiger partial charge in [-0.15, -0.1) is 0 Å². The minimum Gasteiger partial charge on any atom is -0.491 e. The average Bonchev–Trinajstić information content (AvgIpc) is 3.00. The summed E-state index contributed by atoms with van der Waals surface area (Å²) in [5, 5.41) is 5.89. The van der Waals surface area contributed by atoms with E-state index in [2.05, 4.69) is 65.4 Å². The fraction of sp³-hybridized carbons (Fsp3) is 0.481. The van der Waals surface area contributed by atoms with Crippen molar-refractivity contribution in [3.8, 4) is 5.75 Å². The van der Waals surface area contributed by atoms with Gasteiger partial charge in [-0.05, 0) is 87.0 Å². The molecule has 174 valence electrons. The normalized spacial score (nSPS) is 19.5. The van der Waals surface area contributed by atoms with E-state index in [4.69, 9.17) is 15.5 Å². The standard InChI is InChI=1S/C27H35N5O/c1-18(2)33-23-8-7-20-14-22(6-5-21(20)15-23)24-4-3-13-32(16-19-9-11-29-12-10-19)27-25(24)26(28)30-17-31-27/h5-8,14-15,17-19,24,29H,3-4,9-13,16H2,1-2H3,(H2,28,30,31). The fourth-order valence-corrected chi connectivity index (χ4v) is 5.41. The van der Waals surface area contributed by atoms with E-state index in [0.717, 1.165) is 56.2 Å². The molecule has 3 heterocycles. The highest BCUT2D eigenvalue weighted by Crippen LogP contribution is 2.41. The predicted octanol–water partition coefficient (Wildman–Crippen LogP) is 4.73. The van der Waals surface area contributed by atoms with Crippen LogP contribution in [0, 0.1) is 5.92 Å². The molecule has 2 aromatic carbocycles. The third-order valence-electron chi connectivity index (χ3n) is 7.01. The van der Waals surface area contributed by atoms with E-state index in [1.165, 1.54) is 29.2 Å². The third kappa shape index (κ3) is 4.76. The minimum absolute atomic E-state index is 0.167. The Balaban J connectivity index is 1.48. The van der Waals surface area contributed by atoms with Gasteiger partial charge < -0.3 is 20.7 Å². The van der Waals surface area contributed by atoms with Gasteiger partial charge in [0.15, 0.2) is 0 Å². The highest BCUT2D eigenvalue weighted by Gasteiger charge is 2.29. The molecule has 0 spiro atoms. The van der Waals surface area contributed by atoms with Gasteiger partial charge in [0, 0.05) is 24.6 Å². The van der Waals surface area contributed by atoms with Crippen molar-refractivity contribution in [1.82, 2.24) is 15.3 Å². The highest BCUT2D eigenvalue weighted by molar-refractivity contribution is 5.85. The molecule has 3 N–H and O–H groups in total. The van der Waals surface area contributed by atoms with Crippen molar-refractivity contribution in [2.24, 2.45) is 5.92 Å². The van der Waals surface area contributed by atoms with Crippen LogP contribution in [0.15, 0.2) is 42.7 Å². The van der Waals surface area contributed by atoms with Gasteiger partial charge >= 0.3 is 0 Å². The van der Waals surface area contributed by atoms with Crippen LogP contribution in [0.2, 0.25) is 0 Å². The molecule has 1 saturated heterocycles. The number of nitrogens with zero attached hydrogens (tertiary/aromatic N) is 3. The summed E-state index contributed by atoms with van der Waals surface area (Å²) < 4.78 is 5.88. The molecular weight excluding hydrogens is 410 g/mol. The van der Waals surface area contributed by atoms with Gasteiger partial charge in [-0.2, -0.15) is 0 Å². The summed E-state index contributed by atoms with van der Waals surface area (Å²) in [7, 11) is 0. The molecule has 1 unspecified atom stereocenters. The van der Waals surface area contributed by atoms with Gasteiger partial charge in [-0.3, -0.25) is 0 Å². The molecule has 6 heteroatoms. The molecule has 0 saturated carbocycles. The Kier molecular flexibility index (Phi) is 6.36. The monoisotopic (exact) mass is 445 g/mol. The van der Waals surface area contributed by atoms with E-state index >= 15 is 0 Å². The number of hydrogen-bond donors (Lipinski definition) is 2. The van der Waals surface area contributed by atoms with Crippen LogP contribution in [-0.4, -0.2) is 42.3 Å². The zero-order chi connectivity index (χ0) is 22.8. The molecule has 0 aliphatic carbocycles. The first-order valence-electron chi connectivity index (χ1n) is 12.3. The van der Waals surface area contributed by atoms with Crippen LogP contribution in [-0.2, 0) is 0 Å². The molecule has 0 radical (unpaired) electrons. The number of fused-ring (bicyclic) bond motifs is 2. The van der Waals surface area contributed by atoms with Gasteiger partial charge in [0.05, 0.1) is 6.10 Å². The predicted molar refractivity (Wildman–Crippen MR) is 135 cm³/mol. The van der Waals surface area contributed by atoms with Crippen molar-refractivity contribution in [1.29, 1.82) is 0 Å². The van der Waals surface area contributed by atoms with Gasteiger partial charge in [0.2, 0.25) is 0 Å². The second-order valence-electron chi connectivity index (χ2n) is 9.77. The SMILES string of the molecule is CC(C)Oc1ccc2cc(C3CCCN(CC4CCNCC4)c4ncnc(N)c43)ccc2c1. The summed E-state index contributed by atoms with van der Waals surface area (Å²) in [5.74, 6) is 3.47. The summed E-state index contributed by atoms with van der Waals surface area (Å²) in [6, 6.07) is 13.1. The minimum atomic E-state index is 0.167. The zero-order valence-electron chi connectivity index (χ0n) is 19.8. The van der Waals surface area contributed by atoms with Crippen molar-refractivity contribution in [3.63, 3.8) is 0 Å². The van der Waals surface area contributed by atoms with Gasteiger partial charge in [-0.25, -0.2) is 9.97 Å². The first-order valence-corrected chi connectivity index (χ1v) is 12.3. The summed E-state index contributed by atoms with van der Waals surface area (Å²) in [5.41, 5.74) is 8.89. The Morgan fingerprint density at radius 1 is 1.06 bits per heavy atom. The number of hydrogen-bond acceptors (Lipinski definition) is 6. The van der Waals surface area contributed by atoms with E-state index < -0.39 is 0 Å². The molecule has 6 nitrogen and oxygen atoms in total. The quantitative estimate of drug-likeness (QED) is 0.591.